The van der Waals surface area contributed by atoms with E-state index in [0.29, 0.717) is 6.61 Å². The van der Waals surface area contributed by atoms with Gasteiger partial charge in [-0.3, -0.25) is 0 Å². The minimum atomic E-state index is -1.74. The fraction of sp³-hybridized carbons (Fsp3) is 0.526. The molecule has 0 fully saturated rings. The van der Waals surface area contributed by atoms with Crippen molar-refractivity contribution in [3.63, 3.8) is 0 Å². The maximum atomic E-state index is 6.26. The van der Waals surface area contributed by atoms with Crippen molar-refractivity contribution in [1.29, 1.82) is 0 Å². The number of aromatic nitrogens is 1. The molecule has 0 N–H and O–H groups in total. The zero-order chi connectivity index (χ0) is 17.3. The third kappa shape index (κ3) is 4.33. The molecule has 1 heterocycles. The third-order valence-corrected chi connectivity index (χ3v) is 9.14. The van der Waals surface area contributed by atoms with Crippen molar-refractivity contribution < 1.29 is 9.16 Å². The molecule has 1 aromatic heterocycles. The predicted octanol–water partition coefficient (Wildman–Crippen LogP) is 5.33. The van der Waals surface area contributed by atoms with Crippen molar-refractivity contribution in [3.8, 4) is 5.75 Å². The van der Waals surface area contributed by atoms with Crippen molar-refractivity contribution in [3.05, 3.63) is 36.0 Å². The number of hydrogen-bond donors (Lipinski definition) is 0. The summed E-state index contributed by atoms with van der Waals surface area (Å²) in [5.74, 6) is 0.831. The molecule has 0 bridgehead atoms. The summed E-state index contributed by atoms with van der Waals surface area (Å²) >= 11 is 0. The fourth-order valence-corrected chi connectivity index (χ4v) is 3.19. The van der Waals surface area contributed by atoms with Gasteiger partial charge in [-0.2, -0.15) is 0 Å². The van der Waals surface area contributed by atoms with Crippen molar-refractivity contribution >= 4 is 19.2 Å². The van der Waals surface area contributed by atoms with Gasteiger partial charge in [0.05, 0.1) is 6.61 Å². The fourth-order valence-electron chi connectivity index (χ4n) is 2.11. The molecule has 2 aromatic rings. The first-order chi connectivity index (χ1) is 10.6. The SMILES string of the molecule is Cc1ccc2cccc(OC(C)CO[Si](C)(C)C(C)(C)C)c2n1. The van der Waals surface area contributed by atoms with E-state index in [1.54, 1.807) is 0 Å². The van der Waals surface area contributed by atoms with Gasteiger partial charge in [0, 0.05) is 11.1 Å². The lowest BCUT2D eigenvalue weighted by Gasteiger charge is -2.36. The third-order valence-electron chi connectivity index (χ3n) is 4.64. The molecule has 4 heteroatoms. The molecule has 23 heavy (non-hydrogen) atoms. The molecule has 0 spiro atoms. The van der Waals surface area contributed by atoms with Crippen LogP contribution in [0.2, 0.25) is 18.1 Å². The molecular formula is C19H29NO2Si. The molecule has 3 nitrogen and oxygen atoms in total. The van der Waals surface area contributed by atoms with E-state index in [-0.39, 0.29) is 11.1 Å². The maximum Gasteiger partial charge on any atom is 0.192 e. The molecule has 0 saturated carbocycles. The zero-order valence-electron chi connectivity index (χ0n) is 15.4. The molecule has 0 radical (unpaired) electrons. The minimum Gasteiger partial charge on any atom is -0.486 e. The number of para-hydroxylation sites is 1. The Morgan fingerprint density at radius 1 is 1.13 bits per heavy atom. The number of pyridine rings is 1. The normalized spacial score (nSPS) is 14.0. The van der Waals surface area contributed by atoms with E-state index >= 15 is 0 Å². The highest BCUT2D eigenvalue weighted by atomic mass is 28.4. The Labute approximate surface area is 141 Å². The van der Waals surface area contributed by atoms with E-state index < -0.39 is 8.32 Å². The summed E-state index contributed by atoms with van der Waals surface area (Å²) in [5.41, 5.74) is 1.92. The summed E-state index contributed by atoms with van der Waals surface area (Å²) in [6, 6.07) is 10.2. The number of hydrogen-bond acceptors (Lipinski definition) is 3. The highest BCUT2D eigenvalue weighted by Crippen LogP contribution is 2.36. The largest absolute Gasteiger partial charge is 0.486 e. The maximum absolute atomic E-state index is 6.26. The molecule has 2 rings (SSSR count). The number of aryl methyl sites for hydroxylation is 1. The lowest BCUT2D eigenvalue weighted by atomic mass is 10.2. The average Bonchev–Trinajstić information content (AvgIpc) is 2.45. The zero-order valence-corrected chi connectivity index (χ0v) is 16.4. The number of fused-ring (bicyclic) bond motifs is 1. The highest BCUT2D eigenvalue weighted by molar-refractivity contribution is 6.74. The molecule has 126 valence electrons. The molecule has 0 amide bonds. The second-order valence-electron chi connectivity index (χ2n) is 7.78. The number of ether oxygens (including phenoxy) is 1. The molecule has 0 aliphatic rings. The van der Waals surface area contributed by atoms with E-state index in [2.05, 4.69) is 57.9 Å². The number of nitrogens with zero attached hydrogens (tertiary/aromatic N) is 1. The van der Waals surface area contributed by atoms with Crippen LogP contribution in [-0.4, -0.2) is 26.0 Å². The monoisotopic (exact) mass is 331 g/mol. The molecule has 1 aromatic carbocycles. The lowest BCUT2D eigenvalue weighted by Crippen LogP contribution is -2.43. The first-order valence-corrected chi connectivity index (χ1v) is 11.2. The summed E-state index contributed by atoms with van der Waals surface area (Å²) in [4.78, 5) is 4.62. The van der Waals surface area contributed by atoms with Crippen LogP contribution in [0.4, 0.5) is 0 Å². The molecule has 1 unspecified atom stereocenters. The summed E-state index contributed by atoms with van der Waals surface area (Å²) in [6.07, 6.45) is -0.00274. The lowest BCUT2D eigenvalue weighted by molar-refractivity contribution is 0.135. The van der Waals surface area contributed by atoms with Crippen LogP contribution in [0.25, 0.3) is 10.9 Å². The van der Waals surface area contributed by atoms with Crippen LogP contribution in [0.1, 0.15) is 33.4 Å². The summed E-state index contributed by atoms with van der Waals surface area (Å²) in [7, 11) is -1.74. The van der Waals surface area contributed by atoms with Crippen molar-refractivity contribution in [2.75, 3.05) is 6.61 Å². The second kappa shape index (κ2) is 6.61. The summed E-state index contributed by atoms with van der Waals surface area (Å²) < 4.78 is 12.4. The second-order valence-corrected chi connectivity index (χ2v) is 12.6. The van der Waals surface area contributed by atoms with E-state index in [9.17, 15) is 0 Å². The van der Waals surface area contributed by atoms with Gasteiger partial charge in [0.2, 0.25) is 0 Å². The van der Waals surface area contributed by atoms with E-state index in [1.165, 1.54) is 0 Å². The van der Waals surface area contributed by atoms with Crippen LogP contribution in [0.15, 0.2) is 30.3 Å². The minimum absolute atomic E-state index is 0.00274. The first-order valence-electron chi connectivity index (χ1n) is 8.27. The average molecular weight is 332 g/mol. The van der Waals surface area contributed by atoms with Crippen LogP contribution >= 0.6 is 0 Å². The molecular weight excluding hydrogens is 302 g/mol. The van der Waals surface area contributed by atoms with E-state index in [0.717, 1.165) is 22.3 Å². The molecule has 0 aliphatic carbocycles. The van der Waals surface area contributed by atoms with Crippen LogP contribution in [0.5, 0.6) is 5.75 Å². The topological polar surface area (TPSA) is 31.4 Å². The van der Waals surface area contributed by atoms with Gasteiger partial charge >= 0.3 is 0 Å². The Morgan fingerprint density at radius 2 is 1.83 bits per heavy atom. The Bertz CT molecular complexity index is 677. The van der Waals surface area contributed by atoms with Crippen LogP contribution in [0.3, 0.4) is 0 Å². The van der Waals surface area contributed by atoms with Gasteiger partial charge in [0.1, 0.15) is 17.4 Å². The van der Waals surface area contributed by atoms with Gasteiger partial charge in [-0.25, -0.2) is 4.98 Å². The van der Waals surface area contributed by atoms with Gasteiger partial charge in [-0.1, -0.05) is 39.0 Å². The van der Waals surface area contributed by atoms with Crippen molar-refractivity contribution in [2.24, 2.45) is 0 Å². The Kier molecular flexibility index (Phi) is 5.16. The number of rotatable bonds is 5. The quantitative estimate of drug-likeness (QED) is 0.694. The first kappa shape index (κ1) is 18.0. The Morgan fingerprint density at radius 3 is 2.48 bits per heavy atom. The van der Waals surface area contributed by atoms with Crippen LogP contribution in [0, 0.1) is 6.92 Å². The highest BCUT2D eigenvalue weighted by Gasteiger charge is 2.37. The van der Waals surface area contributed by atoms with Crippen molar-refractivity contribution in [2.45, 2.75) is 58.9 Å². The molecule has 0 aliphatic heterocycles. The Balaban J connectivity index is 2.09. The van der Waals surface area contributed by atoms with E-state index in [4.69, 9.17) is 9.16 Å². The summed E-state index contributed by atoms with van der Waals surface area (Å²) in [5, 5.41) is 1.32. The van der Waals surface area contributed by atoms with Crippen LogP contribution < -0.4 is 4.74 Å². The van der Waals surface area contributed by atoms with Gasteiger partial charge < -0.3 is 9.16 Å². The van der Waals surface area contributed by atoms with Gasteiger partial charge in [0.15, 0.2) is 8.32 Å². The number of benzene rings is 1. The Hall–Kier alpha value is -1.39. The molecule has 0 saturated heterocycles. The standard InChI is InChI=1S/C19H29NO2Si/c1-14-11-12-16-9-8-10-17(18(16)20-14)22-15(2)13-21-23(6,7)19(3,4)5/h8-12,15H,13H2,1-7H3. The van der Waals surface area contributed by atoms with E-state index in [1.807, 2.05) is 25.1 Å². The predicted molar refractivity (Wildman–Crippen MR) is 99.7 cm³/mol. The summed E-state index contributed by atoms with van der Waals surface area (Å²) in [6.45, 7) is 16.0. The van der Waals surface area contributed by atoms with Crippen molar-refractivity contribution in [1.82, 2.24) is 4.98 Å². The van der Waals surface area contributed by atoms with Gasteiger partial charge in [-0.05, 0) is 44.1 Å². The molecule has 1 atom stereocenters. The van der Waals surface area contributed by atoms with Gasteiger partial charge in [0.25, 0.3) is 0 Å². The van der Waals surface area contributed by atoms with Crippen LogP contribution in [-0.2, 0) is 4.43 Å². The smallest absolute Gasteiger partial charge is 0.192 e. The van der Waals surface area contributed by atoms with Gasteiger partial charge in [-0.15, -0.1) is 0 Å².